The highest BCUT2D eigenvalue weighted by atomic mass is 19.1. The molecule has 1 amide bonds. The zero-order valence-corrected chi connectivity index (χ0v) is 18.2. The lowest BCUT2D eigenvalue weighted by Crippen LogP contribution is -2.43. The average molecular weight is 427 g/mol. The van der Waals surface area contributed by atoms with Crippen LogP contribution in [0.2, 0.25) is 0 Å². The molecule has 0 spiro atoms. The van der Waals surface area contributed by atoms with Gasteiger partial charge in [0.05, 0.1) is 6.54 Å². The number of rotatable bonds is 9. The van der Waals surface area contributed by atoms with Crippen molar-refractivity contribution in [3.05, 3.63) is 65.5 Å². The smallest absolute Gasteiger partial charge is 0.223 e. The molecule has 0 bridgehead atoms. The fraction of sp³-hybridized carbons (Fsp3) is 0.417. The number of hydrogen-bond donors (Lipinski definition) is 2. The van der Waals surface area contributed by atoms with E-state index in [1.54, 1.807) is 25.2 Å². The molecule has 0 radical (unpaired) electrons. The predicted molar refractivity (Wildman–Crippen MR) is 120 cm³/mol. The van der Waals surface area contributed by atoms with E-state index in [4.69, 9.17) is 4.74 Å². The number of carbonyl (C=O) groups is 1. The average Bonchev–Trinajstić information content (AvgIpc) is 3.23. The van der Waals surface area contributed by atoms with Crippen molar-refractivity contribution in [1.82, 2.24) is 15.5 Å². The number of para-hydroxylation sites is 1. The van der Waals surface area contributed by atoms with Crippen LogP contribution in [0, 0.1) is 5.82 Å². The van der Waals surface area contributed by atoms with Crippen molar-refractivity contribution in [2.75, 3.05) is 20.1 Å². The fourth-order valence-electron chi connectivity index (χ4n) is 3.53. The summed E-state index contributed by atoms with van der Waals surface area (Å²) in [4.78, 5) is 18.6. The number of nitrogens with zero attached hydrogens (tertiary/aromatic N) is 2. The van der Waals surface area contributed by atoms with E-state index in [-0.39, 0.29) is 23.6 Å². The van der Waals surface area contributed by atoms with Crippen LogP contribution in [-0.4, -0.2) is 43.0 Å². The van der Waals surface area contributed by atoms with Crippen LogP contribution in [0.25, 0.3) is 0 Å². The van der Waals surface area contributed by atoms with E-state index >= 15 is 0 Å². The quantitative estimate of drug-likeness (QED) is 0.366. The molecular formula is C24H31FN4O2. The number of amides is 1. The number of ether oxygens (including phenoxy) is 1. The maximum atomic E-state index is 13.8. The minimum Gasteiger partial charge on any atom is -0.486 e. The third kappa shape index (κ3) is 6.44. The number of halogens is 1. The Morgan fingerprint density at radius 2 is 1.81 bits per heavy atom. The number of hydrogen-bond acceptors (Lipinski definition) is 3. The first-order valence-electron chi connectivity index (χ1n) is 10.8. The summed E-state index contributed by atoms with van der Waals surface area (Å²) in [6.45, 7) is 4.52. The van der Waals surface area contributed by atoms with Crippen molar-refractivity contribution in [2.24, 2.45) is 4.99 Å². The van der Waals surface area contributed by atoms with Gasteiger partial charge in [0, 0.05) is 33.1 Å². The first kappa shape index (κ1) is 22.6. The minimum atomic E-state index is -0.366. The highest BCUT2D eigenvalue weighted by Crippen LogP contribution is 2.23. The zero-order chi connectivity index (χ0) is 22.1. The normalized spacial score (nSPS) is 14.2. The van der Waals surface area contributed by atoms with Gasteiger partial charge in [0.15, 0.2) is 17.5 Å². The monoisotopic (exact) mass is 426 g/mol. The maximum Gasteiger partial charge on any atom is 0.223 e. The Hall–Kier alpha value is -3.09. The molecule has 1 atom stereocenters. The van der Waals surface area contributed by atoms with Crippen molar-refractivity contribution in [3.8, 4) is 5.75 Å². The van der Waals surface area contributed by atoms with E-state index in [0.717, 1.165) is 12.8 Å². The molecular weight excluding hydrogens is 395 g/mol. The van der Waals surface area contributed by atoms with Crippen molar-refractivity contribution < 1.29 is 13.9 Å². The summed E-state index contributed by atoms with van der Waals surface area (Å²) in [5.74, 6) is 0.692. The van der Waals surface area contributed by atoms with Gasteiger partial charge in [-0.15, -0.1) is 0 Å². The van der Waals surface area contributed by atoms with Gasteiger partial charge in [-0.25, -0.2) is 4.39 Å². The third-order valence-electron chi connectivity index (χ3n) is 5.36. The third-order valence-corrected chi connectivity index (χ3v) is 5.36. The van der Waals surface area contributed by atoms with E-state index in [9.17, 15) is 9.18 Å². The molecule has 2 aromatic rings. The molecule has 0 saturated carbocycles. The Labute approximate surface area is 183 Å². The molecule has 1 aliphatic heterocycles. The second-order valence-corrected chi connectivity index (χ2v) is 7.58. The molecule has 1 heterocycles. The predicted octanol–water partition coefficient (Wildman–Crippen LogP) is 3.47. The molecule has 0 aromatic heterocycles. The van der Waals surface area contributed by atoms with Crippen LogP contribution < -0.4 is 15.4 Å². The second kappa shape index (κ2) is 11.3. The van der Waals surface area contributed by atoms with Crippen LogP contribution in [-0.2, 0) is 17.9 Å². The molecule has 3 rings (SSSR count). The fourth-order valence-corrected chi connectivity index (χ4v) is 3.53. The summed E-state index contributed by atoms with van der Waals surface area (Å²) in [6.07, 6.45) is 1.75. The number of guanidine groups is 1. The minimum absolute atomic E-state index is 0.172. The van der Waals surface area contributed by atoms with Gasteiger partial charge in [-0.1, -0.05) is 43.3 Å². The highest BCUT2D eigenvalue weighted by molar-refractivity contribution is 5.80. The Bertz CT molecular complexity index is 878. The summed E-state index contributed by atoms with van der Waals surface area (Å²) in [5, 5.41) is 6.44. The Kier molecular flexibility index (Phi) is 8.27. The number of carbonyl (C=O) groups excluding carboxylic acids is 1. The first-order valence-corrected chi connectivity index (χ1v) is 10.8. The number of fused-ring (bicyclic) bond motifs is 1. The standard InChI is InChI=1S/C24H31FN4O2/c1-3-20(31-22-12-7-6-11-21(22)25)15-28-24(26-2)27-14-8-13-23(30)29-16-18-9-4-5-10-19(18)17-29/h4-7,9-12,20H,3,8,13-17H2,1-2H3,(H2,26,27,28). The van der Waals surface area contributed by atoms with E-state index in [0.29, 0.717) is 38.6 Å². The Morgan fingerprint density at radius 1 is 1.13 bits per heavy atom. The lowest BCUT2D eigenvalue weighted by atomic mass is 10.1. The Morgan fingerprint density at radius 3 is 2.45 bits per heavy atom. The van der Waals surface area contributed by atoms with Crippen molar-refractivity contribution in [1.29, 1.82) is 0 Å². The van der Waals surface area contributed by atoms with Crippen molar-refractivity contribution >= 4 is 11.9 Å². The molecule has 7 heteroatoms. The summed E-state index contributed by atoms with van der Waals surface area (Å²) in [7, 11) is 1.70. The van der Waals surface area contributed by atoms with Gasteiger partial charge in [-0.05, 0) is 36.1 Å². The molecule has 1 unspecified atom stereocenters. The summed E-state index contributed by atoms with van der Waals surface area (Å²) < 4.78 is 19.6. The molecule has 0 aliphatic carbocycles. The van der Waals surface area contributed by atoms with Crippen LogP contribution in [0.3, 0.4) is 0 Å². The molecule has 6 nitrogen and oxygen atoms in total. The number of benzene rings is 2. The molecule has 166 valence electrons. The highest BCUT2D eigenvalue weighted by Gasteiger charge is 2.22. The van der Waals surface area contributed by atoms with Gasteiger partial charge in [-0.2, -0.15) is 0 Å². The van der Waals surface area contributed by atoms with Gasteiger partial charge in [0.1, 0.15) is 6.10 Å². The molecule has 0 fully saturated rings. The topological polar surface area (TPSA) is 66.0 Å². The van der Waals surface area contributed by atoms with Crippen LogP contribution in [0.5, 0.6) is 5.75 Å². The van der Waals surface area contributed by atoms with Gasteiger partial charge in [0.2, 0.25) is 5.91 Å². The SMILES string of the molecule is CCC(CNC(=NC)NCCCC(=O)N1Cc2ccccc2C1)Oc1ccccc1F. The molecule has 1 aliphatic rings. The van der Waals surface area contributed by atoms with Gasteiger partial charge in [-0.3, -0.25) is 9.79 Å². The van der Waals surface area contributed by atoms with E-state index in [1.165, 1.54) is 17.2 Å². The zero-order valence-electron chi connectivity index (χ0n) is 18.2. The second-order valence-electron chi connectivity index (χ2n) is 7.58. The van der Waals surface area contributed by atoms with Gasteiger partial charge in [0.25, 0.3) is 0 Å². The van der Waals surface area contributed by atoms with Crippen LogP contribution in [0.1, 0.15) is 37.3 Å². The van der Waals surface area contributed by atoms with E-state index in [1.807, 2.05) is 24.0 Å². The van der Waals surface area contributed by atoms with Gasteiger partial charge < -0.3 is 20.3 Å². The van der Waals surface area contributed by atoms with E-state index < -0.39 is 0 Å². The number of aliphatic imine (C=N–C) groups is 1. The number of nitrogens with one attached hydrogen (secondary N) is 2. The molecule has 31 heavy (non-hydrogen) atoms. The molecule has 2 N–H and O–H groups in total. The van der Waals surface area contributed by atoms with Crippen LogP contribution >= 0.6 is 0 Å². The van der Waals surface area contributed by atoms with Gasteiger partial charge >= 0.3 is 0 Å². The van der Waals surface area contributed by atoms with E-state index in [2.05, 4.69) is 27.8 Å². The summed E-state index contributed by atoms with van der Waals surface area (Å²) in [5.41, 5.74) is 2.48. The lowest BCUT2D eigenvalue weighted by Gasteiger charge is -2.20. The maximum absolute atomic E-state index is 13.8. The largest absolute Gasteiger partial charge is 0.486 e. The van der Waals surface area contributed by atoms with Crippen LogP contribution in [0.4, 0.5) is 4.39 Å². The van der Waals surface area contributed by atoms with Crippen LogP contribution in [0.15, 0.2) is 53.5 Å². The molecule has 2 aromatic carbocycles. The Balaban J connectivity index is 1.35. The van der Waals surface area contributed by atoms with Crippen molar-refractivity contribution in [3.63, 3.8) is 0 Å². The first-order chi connectivity index (χ1) is 15.1. The lowest BCUT2D eigenvalue weighted by molar-refractivity contribution is -0.131. The van der Waals surface area contributed by atoms with Crippen molar-refractivity contribution in [2.45, 2.75) is 45.4 Å². The summed E-state index contributed by atoms with van der Waals surface area (Å²) in [6, 6.07) is 14.6. The molecule has 0 saturated heterocycles. The summed E-state index contributed by atoms with van der Waals surface area (Å²) >= 11 is 0.